The predicted octanol–water partition coefficient (Wildman–Crippen LogP) is 3.22. The summed E-state index contributed by atoms with van der Waals surface area (Å²) >= 11 is 0. The second-order valence-electron chi connectivity index (χ2n) is 4.51. The van der Waals surface area contributed by atoms with Gasteiger partial charge in [0.1, 0.15) is 12.4 Å². The van der Waals surface area contributed by atoms with E-state index in [1.54, 1.807) is 13.8 Å². The number of halogens is 3. The van der Waals surface area contributed by atoms with Gasteiger partial charge in [-0.25, -0.2) is 0 Å². The highest BCUT2D eigenvalue weighted by molar-refractivity contribution is 5.94. The van der Waals surface area contributed by atoms with Crippen LogP contribution in [0.1, 0.15) is 25.8 Å². The highest BCUT2D eigenvalue weighted by atomic mass is 19.4. The van der Waals surface area contributed by atoms with Crippen molar-refractivity contribution >= 4 is 11.9 Å². The Kier molecular flexibility index (Phi) is 6.87. The summed E-state index contributed by atoms with van der Waals surface area (Å²) in [5, 5.41) is 0. The molecule has 0 aromatic heterocycles. The summed E-state index contributed by atoms with van der Waals surface area (Å²) < 4.78 is 49.6. The van der Waals surface area contributed by atoms with Crippen LogP contribution in [0, 0.1) is 5.92 Å². The Morgan fingerprint density at radius 2 is 1.61 bits per heavy atom. The second kappa shape index (κ2) is 8.40. The standard InChI is InChI=1S/C15H17F3O5/c1-3-12(13(19)21-4-2)14(20)22-9-10-5-7-11(8-6-10)23-15(16,17)18/h5-8,12H,3-4,9H2,1-2H3. The van der Waals surface area contributed by atoms with Gasteiger partial charge in [-0.3, -0.25) is 9.59 Å². The van der Waals surface area contributed by atoms with Gasteiger partial charge in [-0.15, -0.1) is 13.2 Å². The number of carbonyl (C=O) groups excluding carboxylic acids is 2. The van der Waals surface area contributed by atoms with Crippen LogP contribution >= 0.6 is 0 Å². The fourth-order valence-corrected chi connectivity index (χ4v) is 1.71. The molecule has 128 valence electrons. The third kappa shape index (κ3) is 6.58. The van der Waals surface area contributed by atoms with Crippen molar-refractivity contribution < 1.29 is 37.0 Å². The van der Waals surface area contributed by atoms with E-state index in [2.05, 4.69) is 4.74 Å². The lowest BCUT2D eigenvalue weighted by atomic mass is 10.1. The van der Waals surface area contributed by atoms with Crippen LogP contribution < -0.4 is 4.74 Å². The number of esters is 2. The molecule has 0 bridgehead atoms. The summed E-state index contributed by atoms with van der Waals surface area (Å²) in [6.07, 6.45) is -4.53. The molecule has 1 rings (SSSR count). The lowest BCUT2D eigenvalue weighted by Crippen LogP contribution is -2.27. The van der Waals surface area contributed by atoms with Crippen LogP contribution in [0.3, 0.4) is 0 Å². The number of hydrogen-bond acceptors (Lipinski definition) is 5. The highest BCUT2D eigenvalue weighted by Crippen LogP contribution is 2.23. The van der Waals surface area contributed by atoms with E-state index in [1.165, 1.54) is 12.1 Å². The summed E-state index contributed by atoms with van der Waals surface area (Å²) in [5.41, 5.74) is 0.464. The van der Waals surface area contributed by atoms with E-state index in [-0.39, 0.29) is 25.4 Å². The Morgan fingerprint density at radius 3 is 2.09 bits per heavy atom. The van der Waals surface area contributed by atoms with E-state index < -0.39 is 24.2 Å². The Balaban J connectivity index is 2.57. The van der Waals surface area contributed by atoms with Gasteiger partial charge in [0.05, 0.1) is 6.61 Å². The molecule has 0 N–H and O–H groups in total. The topological polar surface area (TPSA) is 61.8 Å². The Morgan fingerprint density at radius 1 is 1.04 bits per heavy atom. The molecule has 1 aromatic rings. The fraction of sp³-hybridized carbons (Fsp3) is 0.467. The summed E-state index contributed by atoms with van der Waals surface area (Å²) in [5.74, 6) is -2.77. The first-order valence-corrected chi connectivity index (χ1v) is 6.94. The van der Waals surface area contributed by atoms with Crippen molar-refractivity contribution in [3.05, 3.63) is 29.8 Å². The SMILES string of the molecule is CCOC(=O)C(CC)C(=O)OCc1ccc(OC(F)(F)F)cc1. The predicted molar refractivity (Wildman–Crippen MR) is 73.3 cm³/mol. The summed E-state index contributed by atoms with van der Waals surface area (Å²) in [4.78, 5) is 23.4. The van der Waals surface area contributed by atoms with E-state index in [1.807, 2.05) is 0 Å². The van der Waals surface area contributed by atoms with Gasteiger partial charge in [-0.05, 0) is 31.0 Å². The van der Waals surface area contributed by atoms with Gasteiger partial charge < -0.3 is 14.2 Å². The van der Waals surface area contributed by atoms with Crippen molar-refractivity contribution in [2.24, 2.45) is 5.92 Å². The van der Waals surface area contributed by atoms with E-state index in [4.69, 9.17) is 9.47 Å². The van der Waals surface area contributed by atoms with Gasteiger partial charge in [0, 0.05) is 0 Å². The Hall–Kier alpha value is -2.25. The number of alkyl halides is 3. The van der Waals surface area contributed by atoms with Crippen LogP contribution in [0.15, 0.2) is 24.3 Å². The molecule has 0 fully saturated rings. The highest BCUT2D eigenvalue weighted by Gasteiger charge is 2.31. The number of benzene rings is 1. The molecule has 0 heterocycles. The van der Waals surface area contributed by atoms with Gasteiger partial charge in [-0.2, -0.15) is 0 Å². The van der Waals surface area contributed by atoms with Crippen LogP contribution in [0.25, 0.3) is 0 Å². The molecule has 0 spiro atoms. The van der Waals surface area contributed by atoms with Crippen molar-refractivity contribution in [2.75, 3.05) is 6.61 Å². The first-order chi connectivity index (χ1) is 10.8. The minimum Gasteiger partial charge on any atom is -0.465 e. The number of carbonyl (C=O) groups is 2. The van der Waals surface area contributed by atoms with E-state index in [0.717, 1.165) is 12.1 Å². The zero-order valence-electron chi connectivity index (χ0n) is 12.7. The molecule has 0 aliphatic rings. The largest absolute Gasteiger partial charge is 0.573 e. The minimum absolute atomic E-state index is 0.156. The van der Waals surface area contributed by atoms with Crippen molar-refractivity contribution in [3.63, 3.8) is 0 Å². The summed E-state index contributed by atoms with van der Waals surface area (Å²) in [6, 6.07) is 4.89. The monoisotopic (exact) mass is 334 g/mol. The molecule has 5 nitrogen and oxygen atoms in total. The molecule has 0 saturated heterocycles. The maximum Gasteiger partial charge on any atom is 0.573 e. The lowest BCUT2D eigenvalue weighted by Gasteiger charge is -2.13. The smallest absolute Gasteiger partial charge is 0.465 e. The molecule has 1 atom stereocenters. The molecule has 1 aromatic carbocycles. The molecular formula is C15H17F3O5. The van der Waals surface area contributed by atoms with E-state index in [9.17, 15) is 22.8 Å². The number of ether oxygens (including phenoxy) is 3. The van der Waals surface area contributed by atoms with Gasteiger partial charge in [0.2, 0.25) is 0 Å². The van der Waals surface area contributed by atoms with E-state index in [0.29, 0.717) is 5.56 Å². The van der Waals surface area contributed by atoms with E-state index >= 15 is 0 Å². The van der Waals surface area contributed by atoms with Crippen molar-refractivity contribution in [1.82, 2.24) is 0 Å². The minimum atomic E-state index is -4.76. The maximum atomic E-state index is 12.0. The van der Waals surface area contributed by atoms with Crippen LogP contribution in [0.5, 0.6) is 5.75 Å². The van der Waals surface area contributed by atoms with Gasteiger partial charge in [0.15, 0.2) is 5.92 Å². The van der Waals surface area contributed by atoms with Gasteiger partial charge in [-0.1, -0.05) is 19.1 Å². The fourth-order valence-electron chi connectivity index (χ4n) is 1.71. The molecule has 0 radical (unpaired) electrons. The molecule has 0 saturated carbocycles. The third-order valence-electron chi connectivity index (χ3n) is 2.80. The number of rotatable bonds is 7. The number of hydrogen-bond donors (Lipinski definition) is 0. The molecule has 0 amide bonds. The van der Waals surface area contributed by atoms with Crippen LogP contribution in [0.4, 0.5) is 13.2 Å². The average Bonchev–Trinajstić information content (AvgIpc) is 2.46. The first kappa shape index (κ1) is 18.8. The molecule has 0 aliphatic heterocycles. The Bertz CT molecular complexity index is 525. The van der Waals surface area contributed by atoms with Crippen LogP contribution in [-0.4, -0.2) is 24.9 Å². The zero-order valence-corrected chi connectivity index (χ0v) is 12.7. The van der Waals surface area contributed by atoms with Crippen molar-refractivity contribution in [2.45, 2.75) is 33.2 Å². The average molecular weight is 334 g/mol. The Labute approximate surface area is 131 Å². The van der Waals surface area contributed by atoms with Crippen LogP contribution in [0.2, 0.25) is 0 Å². The second-order valence-corrected chi connectivity index (χ2v) is 4.51. The van der Waals surface area contributed by atoms with Crippen molar-refractivity contribution in [1.29, 1.82) is 0 Å². The maximum absolute atomic E-state index is 12.0. The van der Waals surface area contributed by atoms with Gasteiger partial charge in [0.25, 0.3) is 0 Å². The quantitative estimate of drug-likeness (QED) is 0.566. The van der Waals surface area contributed by atoms with Crippen LogP contribution in [-0.2, 0) is 25.7 Å². The molecule has 8 heteroatoms. The summed E-state index contributed by atoms with van der Waals surface area (Å²) in [7, 11) is 0. The lowest BCUT2D eigenvalue weighted by molar-refractivity contribution is -0.274. The summed E-state index contributed by atoms with van der Waals surface area (Å²) in [6.45, 7) is 3.26. The zero-order chi connectivity index (χ0) is 17.5. The first-order valence-electron chi connectivity index (χ1n) is 6.94. The molecule has 1 unspecified atom stereocenters. The normalized spacial score (nSPS) is 12.4. The van der Waals surface area contributed by atoms with Crippen molar-refractivity contribution in [3.8, 4) is 5.75 Å². The molecular weight excluding hydrogens is 317 g/mol. The van der Waals surface area contributed by atoms with Gasteiger partial charge >= 0.3 is 18.3 Å². The molecule has 23 heavy (non-hydrogen) atoms. The third-order valence-corrected chi connectivity index (χ3v) is 2.80. The molecule has 0 aliphatic carbocycles.